The van der Waals surface area contributed by atoms with Gasteiger partial charge in [0.15, 0.2) is 11.6 Å². The number of imidazole rings is 1. The van der Waals surface area contributed by atoms with Gasteiger partial charge in [0, 0.05) is 0 Å². The quantitative estimate of drug-likeness (QED) is 0.304. The smallest absolute Gasteiger partial charge is 0.342 e. The highest BCUT2D eigenvalue weighted by molar-refractivity contribution is 7.89. The Bertz CT molecular complexity index is 1270. The van der Waals surface area contributed by atoms with Crippen molar-refractivity contribution in [1.29, 1.82) is 5.26 Å². The number of aromatic nitrogens is 2. The van der Waals surface area contributed by atoms with Gasteiger partial charge in [-0.05, 0) is 30.3 Å². The summed E-state index contributed by atoms with van der Waals surface area (Å²) in [6, 6.07) is 12.3. The molecule has 1 aromatic heterocycles. The first kappa shape index (κ1) is 20.8. The average Bonchev–Trinajstić information content (AvgIpc) is 3.15. The van der Waals surface area contributed by atoms with Crippen LogP contribution in [0.15, 0.2) is 53.1 Å². The molecule has 1 heterocycles. The summed E-state index contributed by atoms with van der Waals surface area (Å²) in [7, 11) is -2.77. The van der Waals surface area contributed by atoms with Gasteiger partial charge in [0.1, 0.15) is 29.6 Å². The average molecular weight is 428 g/mol. The number of benzene rings is 2. The minimum atomic E-state index is -4.06. The summed E-state index contributed by atoms with van der Waals surface area (Å²) >= 11 is 0. The number of aliphatic hydroxyl groups is 1. The van der Waals surface area contributed by atoms with Gasteiger partial charge in [-0.25, -0.2) is 23.3 Å². The van der Waals surface area contributed by atoms with Gasteiger partial charge in [0.05, 0.1) is 23.0 Å². The van der Waals surface area contributed by atoms with Crippen molar-refractivity contribution in [3.05, 3.63) is 59.6 Å². The highest BCUT2D eigenvalue weighted by Crippen LogP contribution is 2.24. The van der Waals surface area contributed by atoms with E-state index < -0.39 is 28.4 Å². The number of nitrogens with two attached hydrogens (primary N) is 1. The first-order chi connectivity index (χ1) is 14.2. The van der Waals surface area contributed by atoms with Crippen molar-refractivity contribution < 1.29 is 27.8 Å². The zero-order chi connectivity index (χ0) is 21.9. The van der Waals surface area contributed by atoms with Crippen molar-refractivity contribution >= 4 is 32.6 Å². The summed E-state index contributed by atoms with van der Waals surface area (Å²) in [6.07, 6.45) is 0. The van der Waals surface area contributed by atoms with E-state index in [1.54, 1.807) is 24.3 Å². The minimum Gasteiger partial charge on any atom is -0.507 e. The largest absolute Gasteiger partial charge is 0.507 e. The number of methoxy groups -OCH3 is 1. The molecule has 0 bridgehead atoms. The molecule has 154 valence electrons. The second-order valence-electron chi connectivity index (χ2n) is 6.02. The van der Waals surface area contributed by atoms with Crippen molar-refractivity contribution in [3.8, 4) is 11.8 Å². The van der Waals surface area contributed by atoms with Gasteiger partial charge in [-0.1, -0.05) is 12.1 Å². The van der Waals surface area contributed by atoms with Crippen molar-refractivity contribution in [2.75, 3.05) is 13.7 Å². The van der Waals surface area contributed by atoms with Crippen molar-refractivity contribution in [2.24, 2.45) is 5.14 Å². The molecule has 0 saturated carbocycles. The zero-order valence-electron chi connectivity index (χ0n) is 15.6. The van der Waals surface area contributed by atoms with Crippen LogP contribution in [0.2, 0.25) is 0 Å². The number of rotatable bonds is 6. The van der Waals surface area contributed by atoms with E-state index >= 15 is 0 Å². The van der Waals surface area contributed by atoms with Gasteiger partial charge in [0.2, 0.25) is 10.0 Å². The van der Waals surface area contributed by atoms with E-state index in [0.29, 0.717) is 11.0 Å². The summed E-state index contributed by atoms with van der Waals surface area (Å²) in [6.45, 7) is -0.651. The minimum absolute atomic E-state index is 0.0497. The first-order valence-corrected chi connectivity index (χ1v) is 9.94. The van der Waals surface area contributed by atoms with Crippen LogP contribution in [0.4, 0.5) is 0 Å². The Labute approximate surface area is 171 Å². The van der Waals surface area contributed by atoms with Crippen LogP contribution in [0.5, 0.6) is 5.75 Å². The predicted octanol–water partition coefficient (Wildman–Crippen LogP) is 1.87. The van der Waals surface area contributed by atoms with Gasteiger partial charge >= 0.3 is 5.97 Å². The summed E-state index contributed by atoms with van der Waals surface area (Å²) in [4.78, 5) is 19.2. The molecular formula is C19H16N4O6S. The number of esters is 1. The number of hydrogen-bond acceptors (Lipinski definition) is 8. The molecule has 0 radical (unpaired) electrons. The van der Waals surface area contributed by atoms with Crippen LogP contribution in [-0.2, 0) is 14.8 Å². The normalized spacial score (nSPS) is 12.2. The molecule has 0 aliphatic heterocycles. The van der Waals surface area contributed by atoms with E-state index in [-0.39, 0.29) is 27.6 Å². The van der Waals surface area contributed by atoms with Gasteiger partial charge in [-0.2, -0.15) is 5.26 Å². The molecule has 0 aliphatic rings. The molecule has 0 unspecified atom stereocenters. The Balaban J connectivity index is 1.86. The van der Waals surface area contributed by atoms with E-state index in [0.717, 1.165) is 6.07 Å². The lowest BCUT2D eigenvalue weighted by Crippen LogP contribution is -2.15. The second kappa shape index (κ2) is 8.24. The monoisotopic (exact) mass is 428 g/mol. The molecular weight excluding hydrogens is 412 g/mol. The van der Waals surface area contributed by atoms with Gasteiger partial charge in [0.25, 0.3) is 0 Å². The molecule has 10 nitrogen and oxygen atoms in total. The van der Waals surface area contributed by atoms with Crippen LogP contribution >= 0.6 is 0 Å². The van der Waals surface area contributed by atoms with Crippen LogP contribution in [-0.4, -0.2) is 43.2 Å². The third-order valence-corrected chi connectivity index (χ3v) is 5.00. The van der Waals surface area contributed by atoms with E-state index in [1.807, 2.05) is 6.07 Å². The molecule has 3 rings (SSSR count). The topological polar surface area (TPSA) is 168 Å². The molecule has 4 N–H and O–H groups in total. The van der Waals surface area contributed by atoms with Crippen LogP contribution < -0.4 is 9.88 Å². The van der Waals surface area contributed by atoms with E-state index in [9.17, 15) is 23.6 Å². The SMILES string of the molecule is COc1ccc(S(N)(=O)=O)cc1C(=O)OCC(O)=C(C#N)c1nc2ccccc2[nH]1. The van der Waals surface area contributed by atoms with E-state index in [4.69, 9.17) is 14.6 Å². The number of primary sulfonamides is 1. The number of carbonyl (C=O) groups excluding carboxylic acids is 1. The van der Waals surface area contributed by atoms with Crippen molar-refractivity contribution in [3.63, 3.8) is 0 Å². The Kier molecular flexibility index (Phi) is 5.72. The Hall–Kier alpha value is -3.88. The van der Waals surface area contributed by atoms with Crippen LogP contribution in [0.1, 0.15) is 16.2 Å². The van der Waals surface area contributed by atoms with Crippen molar-refractivity contribution in [1.82, 2.24) is 9.97 Å². The Morgan fingerprint density at radius 1 is 1.30 bits per heavy atom. The first-order valence-electron chi connectivity index (χ1n) is 8.40. The lowest BCUT2D eigenvalue weighted by Gasteiger charge is -2.10. The molecule has 11 heteroatoms. The maximum Gasteiger partial charge on any atom is 0.342 e. The number of allylic oxidation sites excluding steroid dienone is 1. The number of fused-ring (bicyclic) bond motifs is 1. The number of nitriles is 1. The molecule has 0 saturated heterocycles. The van der Waals surface area contributed by atoms with E-state index in [1.165, 1.54) is 19.2 Å². The molecule has 3 aromatic rings. The highest BCUT2D eigenvalue weighted by Gasteiger charge is 2.20. The summed E-state index contributed by atoms with van der Waals surface area (Å²) < 4.78 is 33.1. The third kappa shape index (κ3) is 4.24. The maximum atomic E-state index is 12.4. The second-order valence-corrected chi connectivity index (χ2v) is 7.58. The van der Waals surface area contributed by atoms with Gasteiger partial charge < -0.3 is 19.6 Å². The van der Waals surface area contributed by atoms with Crippen LogP contribution in [0.3, 0.4) is 0 Å². The molecule has 0 amide bonds. The summed E-state index contributed by atoms with van der Waals surface area (Å²) in [5, 5.41) is 24.7. The Morgan fingerprint density at radius 2 is 2.03 bits per heavy atom. The van der Waals surface area contributed by atoms with Crippen molar-refractivity contribution in [2.45, 2.75) is 4.90 Å². The lowest BCUT2D eigenvalue weighted by atomic mass is 10.2. The number of aliphatic hydroxyl groups excluding tert-OH is 1. The number of nitrogens with zero attached hydrogens (tertiary/aromatic N) is 2. The number of carbonyl (C=O) groups is 1. The molecule has 0 aliphatic carbocycles. The number of H-pyrrole nitrogens is 1. The van der Waals surface area contributed by atoms with E-state index in [2.05, 4.69) is 9.97 Å². The molecule has 2 aromatic carbocycles. The lowest BCUT2D eigenvalue weighted by molar-refractivity contribution is 0.0499. The third-order valence-electron chi connectivity index (χ3n) is 4.09. The Morgan fingerprint density at radius 3 is 2.67 bits per heavy atom. The van der Waals surface area contributed by atoms with Crippen LogP contribution in [0.25, 0.3) is 16.6 Å². The number of sulfonamides is 1. The fraction of sp³-hybridized carbons (Fsp3) is 0.105. The van der Waals surface area contributed by atoms with Crippen LogP contribution in [0, 0.1) is 11.3 Å². The predicted molar refractivity (Wildman–Crippen MR) is 106 cm³/mol. The zero-order valence-corrected chi connectivity index (χ0v) is 16.4. The fourth-order valence-corrected chi connectivity index (χ4v) is 3.17. The number of hydrogen-bond donors (Lipinski definition) is 3. The number of para-hydroxylation sites is 2. The standard InChI is InChI=1S/C19H16N4O6S/c1-28-17-7-6-11(30(21,26)27)8-12(17)19(25)29-10-16(24)13(9-20)18-22-14-4-2-3-5-15(14)23-18/h2-8,24H,10H2,1H3,(H,22,23)(H2,21,26,27). The molecule has 0 atom stereocenters. The summed E-state index contributed by atoms with van der Waals surface area (Å²) in [5.74, 6) is -1.35. The number of aromatic amines is 1. The molecule has 0 spiro atoms. The fourth-order valence-electron chi connectivity index (χ4n) is 2.63. The molecule has 30 heavy (non-hydrogen) atoms. The maximum absolute atomic E-state index is 12.4. The molecule has 0 fully saturated rings. The van der Waals surface area contributed by atoms with Gasteiger partial charge in [-0.15, -0.1) is 0 Å². The van der Waals surface area contributed by atoms with Gasteiger partial charge in [-0.3, -0.25) is 0 Å². The number of ether oxygens (including phenoxy) is 2. The number of nitrogens with one attached hydrogen (secondary N) is 1. The highest BCUT2D eigenvalue weighted by atomic mass is 32.2. The summed E-state index contributed by atoms with van der Waals surface area (Å²) in [5.41, 5.74) is 0.840.